The maximum atomic E-state index is 13.0. The van der Waals surface area contributed by atoms with Gasteiger partial charge in [-0.3, -0.25) is 9.59 Å². The molecule has 3 aromatic carbocycles. The number of carboxylic acid groups (broad SMARTS) is 1. The number of benzene rings is 3. The van der Waals surface area contributed by atoms with Gasteiger partial charge in [-0.2, -0.15) is 4.90 Å². The van der Waals surface area contributed by atoms with Crippen LogP contribution >= 0.6 is 0 Å². The maximum Gasteiger partial charge on any atom is 0.421 e. The molecule has 0 aliphatic carbocycles. The van der Waals surface area contributed by atoms with Crippen molar-refractivity contribution in [3.05, 3.63) is 82.4 Å². The number of likely N-dealkylation sites (tertiary alicyclic amines) is 1. The first-order valence-corrected chi connectivity index (χ1v) is 10.5. The number of esters is 1. The summed E-state index contributed by atoms with van der Waals surface area (Å²) in [6.45, 7) is 0. The molecule has 10 heteroatoms. The van der Waals surface area contributed by atoms with E-state index in [-0.39, 0.29) is 39.9 Å². The van der Waals surface area contributed by atoms with E-state index in [9.17, 15) is 34.5 Å². The van der Waals surface area contributed by atoms with Crippen molar-refractivity contribution in [3.8, 4) is 23.0 Å². The Labute approximate surface area is 196 Å². The topological polar surface area (TPSA) is 151 Å². The number of carbonyl (C=O) groups is 4. The van der Waals surface area contributed by atoms with Gasteiger partial charge in [0.1, 0.15) is 23.0 Å². The van der Waals surface area contributed by atoms with Crippen molar-refractivity contribution in [1.82, 2.24) is 4.90 Å². The number of aromatic hydroxyl groups is 2. The molecule has 174 valence electrons. The van der Waals surface area contributed by atoms with E-state index in [2.05, 4.69) is 0 Å². The lowest BCUT2D eigenvalue weighted by Gasteiger charge is -2.36. The van der Waals surface area contributed by atoms with Crippen LogP contribution in [-0.2, 0) is 19.9 Å². The van der Waals surface area contributed by atoms with Crippen LogP contribution in [0.15, 0.2) is 54.6 Å². The molecule has 0 bridgehead atoms. The first kappa shape index (κ1) is 20.7. The standard InChI is InChI=1S/C25H15NO9/c27-12-2-5-16-19(8-12)34-20-9-13(28)3-6-17(20)25(16)18-7-11(1-4-14(18)23(31)35-25)15-10-21(29)26(22(15)30)24(32)33/h1-9,15,27-28H,10H2,(H,32,33). The van der Waals surface area contributed by atoms with Crippen molar-refractivity contribution in [2.75, 3.05) is 0 Å². The van der Waals surface area contributed by atoms with E-state index in [0.717, 1.165) is 0 Å². The number of fused-ring (bicyclic) bond motifs is 6. The number of rotatable bonds is 1. The molecule has 3 aromatic rings. The Morgan fingerprint density at radius 2 is 1.51 bits per heavy atom. The third kappa shape index (κ3) is 2.70. The Kier molecular flexibility index (Phi) is 4.04. The highest BCUT2D eigenvalue weighted by Crippen LogP contribution is 2.57. The van der Waals surface area contributed by atoms with Gasteiger partial charge in [0.2, 0.25) is 11.8 Å². The summed E-state index contributed by atoms with van der Waals surface area (Å²) >= 11 is 0. The highest BCUT2D eigenvalue weighted by Gasteiger charge is 2.54. The lowest BCUT2D eigenvalue weighted by molar-refractivity contribution is -0.135. The van der Waals surface area contributed by atoms with Crippen molar-refractivity contribution in [3.63, 3.8) is 0 Å². The van der Waals surface area contributed by atoms with E-state index >= 15 is 0 Å². The molecule has 1 atom stereocenters. The van der Waals surface area contributed by atoms with E-state index in [0.29, 0.717) is 22.3 Å². The molecule has 3 aliphatic rings. The second-order valence-corrected chi connectivity index (χ2v) is 8.45. The number of hydrogen-bond acceptors (Lipinski definition) is 8. The number of amides is 3. The lowest BCUT2D eigenvalue weighted by Crippen LogP contribution is -2.35. The minimum Gasteiger partial charge on any atom is -0.508 e. The first-order chi connectivity index (χ1) is 16.7. The molecule has 1 fully saturated rings. The molecule has 0 aromatic heterocycles. The zero-order valence-electron chi connectivity index (χ0n) is 17.7. The van der Waals surface area contributed by atoms with E-state index < -0.39 is 35.4 Å². The smallest absolute Gasteiger partial charge is 0.421 e. The summed E-state index contributed by atoms with van der Waals surface area (Å²) in [5.74, 6) is -3.19. The van der Waals surface area contributed by atoms with Crippen LogP contribution in [0.1, 0.15) is 45.0 Å². The molecule has 3 amide bonds. The van der Waals surface area contributed by atoms with E-state index in [1.54, 1.807) is 18.2 Å². The second kappa shape index (κ2) is 6.83. The third-order valence-corrected chi connectivity index (χ3v) is 6.54. The van der Waals surface area contributed by atoms with E-state index in [1.807, 2.05) is 0 Å². The van der Waals surface area contributed by atoms with E-state index in [4.69, 9.17) is 9.47 Å². The monoisotopic (exact) mass is 473 g/mol. The summed E-state index contributed by atoms with van der Waals surface area (Å²) in [7, 11) is 0. The first-order valence-electron chi connectivity index (χ1n) is 10.5. The van der Waals surface area contributed by atoms with Crippen LogP contribution in [0.3, 0.4) is 0 Å². The van der Waals surface area contributed by atoms with Crippen LogP contribution < -0.4 is 4.74 Å². The van der Waals surface area contributed by atoms with Gasteiger partial charge in [0.15, 0.2) is 5.60 Å². The molecule has 0 radical (unpaired) electrons. The Bertz CT molecular complexity index is 1460. The molecule has 0 saturated carbocycles. The van der Waals surface area contributed by atoms with Gasteiger partial charge in [-0.1, -0.05) is 6.07 Å². The molecule has 6 rings (SSSR count). The van der Waals surface area contributed by atoms with Crippen LogP contribution in [0.25, 0.3) is 0 Å². The third-order valence-electron chi connectivity index (χ3n) is 6.54. The van der Waals surface area contributed by atoms with Crippen molar-refractivity contribution in [2.24, 2.45) is 0 Å². The van der Waals surface area contributed by atoms with Crippen LogP contribution in [0, 0.1) is 0 Å². The Morgan fingerprint density at radius 1 is 0.886 bits per heavy atom. The molecule has 3 aliphatic heterocycles. The van der Waals surface area contributed by atoms with Crippen molar-refractivity contribution in [2.45, 2.75) is 17.9 Å². The number of phenolic OH excluding ortho intramolecular Hbond substituents is 2. The number of ether oxygens (including phenoxy) is 2. The number of hydrogen-bond donors (Lipinski definition) is 3. The summed E-state index contributed by atoms with van der Waals surface area (Å²) in [6, 6.07) is 13.1. The number of phenols is 2. The Balaban J connectivity index is 1.59. The molecule has 35 heavy (non-hydrogen) atoms. The average molecular weight is 473 g/mol. The minimum atomic E-state index is -1.65. The highest BCUT2D eigenvalue weighted by molar-refractivity contribution is 6.15. The predicted molar refractivity (Wildman–Crippen MR) is 115 cm³/mol. The highest BCUT2D eigenvalue weighted by atomic mass is 16.6. The van der Waals surface area contributed by atoms with Crippen LogP contribution in [0.5, 0.6) is 23.0 Å². The zero-order chi connectivity index (χ0) is 24.6. The molecule has 3 N–H and O–H groups in total. The summed E-state index contributed by atoms with van der Waals surface area (Å²) in [6.07, 6.45) is -1.98. The molecule has 1 unspecified atom stereocenters. The average Bonchev–Trinajstić information content (AvgIpc) is 3.26. The van der Waals surface area contributed by atoms with Gasteiger partial charge in [-0.05, 0) is 42.0 Å². The van der Waals surface area contributed by atoms with Crippen molar-refractivity contribution >= 4 is 23.9 Å². The molecule has 3 heterocycles. The molecular formula is C25H15NO9. The largest absolute Gasteiger partial charge is 0.508 e. The normalized spacial score (nSPS) is 19.1. The molecular weight excluding hydrogens is 458 g/mol. The summed E-state index contributed by atoms with van der Waals surface area (Å²) in [5, 5.41) is 29.3. The lowest BCUT2D eigenvalue weighted by atomic mass is 9.76. The Hall–Kier alpha value is -4.86. The van der Waals surface area contributed by atoms with Crippen molar-refractivity contribution < 1.29 is 44.0 Å². The number of imide groups is 3. The Morgan fingerprint density at radius 3 is 2.09 bits per heavy atom. The molecule has 1 spiro atoms. The SMILES string of the molecule is O=C1OC2(c3ccc(O)cc3Oc3cc(O)ccc32)c2cc(C3CC(=O)N(C(=O)O)C3=O)ccc21. The number of nitrogens with zero attached hydrogens (tertiary/aromatic N) is 1. The van der Waals surface area contributed by atoms with Gasteiger partial charge in [-0.15, -0.1) is 0 Å². The van der Waals surface area contributed by atoms with Gasteiger partial charge in [0.05, 0.1) is 11.5 Å². The van der Waals surface area contributed by atoms with E-state index in [1.165, 1.54) is 36.4 Å². The summed E-state index contributed by atoms with van der Waals surface area (Å²) in [4.78, 5) is 49.5. The number of carbonyl (C=O) groups excluding carboxylic acids is 3. The summed E-state index contributed by atoms with van der Waals surface area (Å²) in [5.41, 5.74) is 0.176. The van der Waals surface area contributed by atoms with Gasteiger partial charge >= 0.3 is 12.1 Å². The second-order valence-electron chi connectivity index (χ2n) is 8.45. The van der Waals surface area contributed by atoms with Crippen LogP contribution in [-0.4, -0.2) is 44.1 Å². The molecule has 1 saturated heterocycles. The zero-order valence-corrected chi connectivity index (χ0v) is 17.7. The summed E-state index contributed by atoms with van der Waals surface area (Å²) < 4.78 is 11.9. The van der Waals surface area contributed by atoms with Crippen LogP contribution in [0.2, 0.25) is 0 Å². The molecule has 10 nitrogen and oxygen atoms in total. The fourth-order valence-corrected chi connectivity index (χ4v) is 5.03. The van der Waals surface area contributed by atoms with Crippen LogP contribution in [0.4, 0.5) is 4.79 Å². The van der Waals surface area contributed by atoms with Gasteiger partial charge < -0.3 is 24.8 Å². The predicted octanol–water partition coefficient (Wildman–Crippen LogP) is 3.19. The van der Waals surface area contributed by atoms with Gasteiger partial charge in [0.25, 0.3) is 0 Å². The minimum absolute atomic E-state index is 0.0929. The fourth-order valence-electron chi connectivity index (χ4n) is 5.03. The fraction of sp³-hybridized carbons (Fsp3) is 0.120. The maximum absolute atomic E-state index is 13.0. The quantitative estimate of drug-likeness (QED) is 0.357. The van der Waals surface area contributed by atoms with Gasteiger partial charge in [0, 0.05) is 35.2 Å². The van der Waals surface area contributed by atoms with Gasteiger partial charge in [-0.25, -0.2) is 9.59 Å². The van der Waals surface area contributed by atoms with Crippen molar-refractivity contribution in [1.29, 1.82) is 0 Å².